The monoisotopic (exact) mass is 311 g/mol. The van der Waals surface area contributed by atoms with Crippen molar-refractivity contribution in [1.82, 2.24) is 14.9 Å². The Morgan fingerprint density at radius 1 is 1.36 bits per heavy atom. The fraction of sp³-hybridized carbons (Fsp3) is 0.562. The van der Waals surface area contributed by atoms with E-state index in [1.165, 1.54) is 0 Å². The molecule has 0 bridgehead atoms. The summed E-state index contributed by atoms with van der Waals surface area (Å²) in [5.74, 6) is 1.26. The summed E-state index contributed by atoms with van der Waals surface area (Å²) in [6.07, 6.45) is -2.28. The highest BCUT2D eigenvalue weighted by molar-refractivity contribution is 5.77. The van der Waals surface area contributed by atoms with Crippen molar-refractivity contribution in [2.45, 2.75) is 45.5 Å². The Bertz CT molecular complexity index is 667. The first-order valence-electron chi connectivity index (χ1n) is 7.67. The summed E-state index contributed by atoms with van der Waals surface area (Å²) < 4.78 is 40.7. The van der Waals surface area contributed by atoms with Gasteiger partial charge in [0.15, 0.2) is 0 Å². The van der Waals surface area contributed by atoms with Crippen LogP contribution in [0.15, 0.2) is 18.2 Å². The maximum Gasteiger partial charge on any atom is 0.416 e. The lowest BCUT2D eigenvalue weighted by Gasteiger charge is -2.16. The molecule has 2 heterocycles. The minimum Gasteiger partial charge on any atom is -0.326 e. The number of fused-ring (bicyclic) bond motifs is 1. The molecule has 3 nitrogen and oxygen atoms in total. The van der Waals surface area contributed by atoms with E-state index >= 15 is 0 Å². The highest BCUT2D eigenvalue weighted by atomic mass is 19.4. The van der Waals surface area contributed by atoms with Crippen molar-refractivity contribution in [3.05, 3.63) is 29.6 Å². The van der Waals surface area contributed by atoms with E-state index in [-0.39, 0.29) is 6.04 Å². The summed E-state index contributed by atoms with van der Waals surface area (Å²) in [5, 5.41) is 3.39. The minimum absolute atomic E-state index is 0.139. The Morgan fingerprint density at radius 3 is 2.73 bits per heavy atom. The van der Waals surface area contributed by atoms with E-state index in [0.29, 0.717) is 11.4 Å². The fourth-order valence-corrected chi connectivity index (χ4v) is 3.05. The molecule has 1 unspecified atom stereocenters. The number of aromatic nitrogens is 2. The van der Waals surface area contributed by atoms with Crippen LogP contribution in [0.3, 0.4) is 0 Å². The van der Waals surface area contributed by atoms with Gasteiger partial charge < -0.3 is 9.88 Å². The van der Waals surface area contributed by atoms with E-state index in [1.54, 1.807) is 6.07 Å². The Labute approximate surface area is 127 Å². The summed E-state index contributed by atoms with van der Waals surface area (Å²) in [4.78, 5) is 4.52. The summed E-state index contributed by atoms with van der Waals surface area (Å²) in [5.41, 5.74) is 0.574. The van der Waals surface area contributed by atoms with Crippen molar-refractivity contribution in [2.24, 2.45) is 5.92 Å². The zero-order chi connectivity index (χ0) is 15.9. The van der Waals surface area contributed by atoms with Crippen molar-refractivity contribution in [2.75, 3.05) is 6.54 Å². The molecule has 1 aromatic heterocycles. The molecule has 1 aliphatic heterocycles. The summed E-state index contributed by atoms with van der Waals surface area (Å²) in [6.45, 7) is 5.89. The first-order chi connectivity index (χ1) is 10.4. The number of nitrogens with zero attached hydrogens (tertiary/aromatic N) is 2. The first-order valence-corrected chi connectivity index (χ1v) is 7.67. The van der Waals surface area contributed by atoms with Gasteiger partial charge in [-0.1, -0.05) is 13.8 Å². The number of imidazole rings is 1. The molecule has 0 radical (unpaired) electrons. The first kappa shape index (κ1) is 15.3. The second kappa shape index (κ2) is 5.57. The molecule has 0 spiro atoms. The van der Waals surface area contributed by atoms with Gasteiger partial charge >= 0.3 is 6.18 Å². The molecule has 0 amide bonds. The smallest absolute Gasteiger partial charge is 0.326 e. The lowest BCUT2D eigenvalue weighted by Crippen LogP contribution is -2.19. The average Bonchev–Trinajstić information content (AvgIpc) is 3.04. The number of hydrogen-bond donors (Lipinski definition) is 1. The van der Waals surface area contributed by atoms with Crippen molar-refractivity contribution in [3.63, 3.8) is 0 Å². The van der Waals surface area contributed by atoms with Gasteiger partial charge in [0.1, 0.15) is 5.82 Å². The van der Waals surface area contributed by atoms with Gasteiger partial charge in [-0.05, 0) is 43.5 Å². The number of alkyl halides is 3. The van der Waals surface area contributed by atoms with Gasteiger partial charge in [0.2, 0.25) is 0 Å². The Balaban J connectivity index is 2.11. The summed E-state index contributed by atoms with van der Waals surface area (Å²) in [6, 6.07) is 3.99. The molecule has 1 aliphatic rings. The van der Waals surface area contributed by atoms with Crippen LogP contribution < -0.4 is 5.32 Å². The summed E-state index contributed by atoms with van der Waals surface area (Å²) in [7, 11) is 0. The second-order valence-electron chi connectivity index (χ2n) is 6.32. The molecule has 2 aromatic rings. The second-order valence-corrected chi connectivity index (χ2v) is 6.32. The van der Waals surface area contributed by atoms with Gasteiger partial charge in [-0.2, -0.15) is 13.2 Å². The molecule has 1 N–H and O–H groups in total. The van der Waals surface area contributed by atoms with E-state index in [9.17, 15) is 13.2 Å². The Kier molecular flexibility index (Phi) is 3.89. The van der Waals surface area contributed by atoms with Gasteiger partial charge in [-0.3, -0.25) is 0 Å². The minimum atomic E-state index is -4.33. The van der Waals surface area contributed by atoms with Crippen LogP contribution >= 0.6 is 0 Å². The molecule has 22 heavy (non-hydrogen) atoms. The third kappa shape index (κ3) is 2.84. The van der Waals surface area contributed by atoms with Gasteiger partial charge in [-0.15, -0.1) is 0 Å². The molecule has 3 rings (SSSR count). The van der Waals surface area contributed by atoms with Crippen LogP contribution in [-0.4, -0.2) is 16.1 Å². The maximum absolute atomic E-state index is 12.9. The van der Waals surface area contributed by atoms with E-state index < -0.39 is 11.7 Å². The fourth-order valence-electron chi connectivity index (χ4n) is 3.05. The molecule has 1 aromatic carbocycles. The van der Waals surface area contributed by atoms with Crippen LogP contribution in [0.5, 0.6) is 0 Å². The van der Waals surface area contributed by atoms with Crippen LogP contribution in [-0.2, 0) is 12.7 Å². The lowest BCUT2D eigenvalue weighted by molar-refractivity contribution is -0.137. The average molecular weight is 311 g/mol. The van der Waals surface area contributed by atoms with Crippen molar-refractivity contribution < 1.29 is 13.2 Å². The zero-order valence-corrected chi connectivity index (χ0v) is 12.7. The van der Waals surface area contributed by atoms with Crippen LogP contribution in [0.4, 0.5) is 13.2 Å². The maximum atomic E-state index is 12.9. The van der Waals surface area contributed by atoms with E-state index in [0.717, 1.165) is 49.4 Å². The predicted octanol–water partition coefficient (Wildman–Crippen LogP) is 4.14. The number of rotatable bonds is 3. The third-order valence-corrected chi connectivity index (χ3v) is 4.02. The van der Waals surface area contributed by atoms with Crippen LogP contribution in [0, 0.1) is 5.92 Å². The van der Waals surface area contributed by atoms with Gasteiger partial charge in [-0.25, -0.2) is 4.98 Å². The molecule has 6 heteroatoms. The molecule has 120 valence electrons. The molecule has 0 saturated carbocycles. The quantitative estimate of drug-likeness (QED) is 0.923. The molecular weight excluding hydrogens is 291 g/mol. The van der Waals surface area contributed by atoms with Gasteiger partial charge in [0.05, 0.1) is 22.6 Å². The molecule has 0 aliphatic carbocycles. The Hall–Kier alpha value is -1.56. The summed E-state index contributed by atoms with van der Waals surface area (Å²) >= 11 is 0. The normalized spacial score (nSPS) is 19.5. The number of halogens is 3. The predicted molar refractivity (Wildman–Crippen MR) is 79.6 cm³/mol. The SMILES string of the molecule is CC(C)Cn1c(C2CCCN2)nc2cc(C(F)(F)F)ccc21. The van der Waals surface area contributed by atoms with Crippen molar-refractivity contribution in [1.29, 1.82) is 0 Å². The van der Waals surface area contributed by atoms with E-state index in [2.05, 4.69) is 28.7 Å². The molecule has 1 fully saturated rings. The van der Waals surface area contributed by atoms with Crippen molar-refractivity contribution >= 4 is 11.0 Å². The lowest BCUT2D eigenvalue weighted by atomic mass is 10.1. The highest BCUT2D eigenvalue weighted by Gasteiger charge is 2.31. The van der Waals surface area contributed by atoms with Crippen molar-refractivity contribution in [3.8, 4) is 0 Å². The number of nitrogens with one attached hydrogen (secondary N) is 1. The third-order valence-electron chi connectivity index (χ3n) is 4.02. The molecular formula is C16H20F3N3. The largest absolute Gasteiger partial charge is 0.416 e. The van der Waals surface area contributed by atoms with E-state index in [4.69, 9.17) is 0 Å². The van der Waals surface area contributed by atoms with Crippen LogP contribution in [0.2, 0.25) is 0 Å². The zero-order valence-electron chi connectivity index (χ0n) is 12.7. The van der Waals surface area contributed by atoms with E-state index in [1.807, 2.05) is 0 Å². The number of benzene rings is 1. The van der Waals surface area contributed by atoms with Gasteiger partial charge in [0.25, 0.3) is 0 Å². The molecule has 1 saturated heterocycles. The number of hydrogen-bond acceptors (Lipinski definition) is 2. The highest BCUT2D eigenvalue weighted by Crippen LogP contribution is 2.33. The topological polar surface area (TPSA) is 29.9 Å². The standard InChI is InChI=1S/C16H20F3N3/c1-10(2)9-22-14-6-5-11(16(17,18)19)8-13(14)21-15(22)12-4-3-7-20-12/h5-6,8,10,12,20H,3-4,7,9H2,1-2H3. The van der Waals surface area contributed by atoms with Crippen LogP contribution in [0.1, 0.15) is 44.1 Å². The molecule has 1 atom stereocenters. The Morgan fingerprint density at radius 2 is 2.14 bits per heavy atom. The van der Waals surface area contributed by atoms with Gasteiger partial charge in [0, 0.05) is 6.54 Å². The van der Waals surface area contributed by atoms with Crippen LogP contribution in [0.25, 0.3) is 11.0 Å².